The van der Waals surface area contributed by atoms with Gasteiger partial charge in [0.05, 0.1) is 18.2 Å². The molecule has 2 N–H and O–H groups in total. The number of furan rings is 1. The number of carbonyl (C=O) groups excluding carboxylic acids is 1. The van der Waals surface area contributed by atoms with Gasteiger partial charge >= 0.3 is 0 Å². The predicted octanol–water partition coefficient (Wildman–Crippen LogP) is 4.64. The van der Waals surface area contributed by atoms with Crippen LogP contribution in [0.4, 0.5) is 0 Å². The first-order valence-electron chi connectivity index (χ1n) is 8.79. The highest BCUT2D eigenvalue weighted by molar-refractivity contribution is 5.95. The maximum absolute atomic E-state index is 12.3. The Morgan fingerprint density at radius 3 is 2.79 bits per heavy atom. The van der Waals surface area contributed by atoms with Gasteiger partial charge in [0.1, 0.15) is 11.5 Å². The lowest BCUT2D eigenvalue weighted by Gasteiger charge is -2.00. The van der Waals surface area contributed by atoms with Crippen LogP contribution < -0.4 is 5.43 Å². The molecule has 2 aromatic carbocycles. The van der Waals surface area contributed by atoms with Crippen LogP contribution in [0.25, 0.3) is 28.1 Å². The number of hydrogen-bond acceptors (Lipinski definition) is 4. The molecule has 0 aliphatic rings. The number of carbonyl (C=O) groups is 1. The Balaban J connectivity index is 1.44. The second kappa shape index (κ2) is 7.75. The van der Waals surface area contributed by atoms with Gasteiger partial charge in [-0.15, -0.1) is 0 Å². The van der Waals surface area contributed by atoms with Crippen LogP contribution in [0.15, 0.2) is 82.0 Å². The van der Waals surface area contributed by atoms with Crippen LogP contribution in [0.3, 0.4) is 0 Å². The minimum absolute atomic E-state index is 0.341. The predicted molar refractivity (Wildman–Crippen MR) is 110 cm³/mol. The summed E-state index contributed by atoms with van der Waals surface area (Å²) in [5.41, 5.74) is 5.32. The van der Waals surface area contributed by atoms with Gasteiger partial charge in [-0.25, -0.2) is 5.43 Å². The highest BCUT2D eigenvalue weighted by Crippen LogP contribution is 2.23. The van der Waals surface area contributed by atoms with Crippen LogP contribution in [-0.2, 0) is 0 Å². The zero-order valence-electron chi connectivity index (χ0n) is 15.2. The van der Waals surface area contributed by atoms with E-state index in [1.165, 1.54) is 0 Å². The molecule has 1 amide bonds. The van der Waals surface area contributed by atoms with E-state index in [1.807, 2.05) is 61.5 Å². The highest BCUT2D eigenvalue weighted by atomic mass is 16.3. The molecule has 2 aromatic heterocycles. The van der Waals surface area contributed by atoms with E-state index < -0.39 is 0 Å². The normalized spacial score (nSPS) is 12.0. The van der Waals surface area contributed by atoms with Gasteiger partial charge in [-0.1, -0.05) is 36.4 Å². The van der Waals surface area contributed by atoms with Crippen LogP contribution in [0.5, 0.6) is 0 Å². The Bertz CT molecular complexity index is 1170. The molecule has 138 valence electrons. The summed E-state index contributed by atoms with van der Waals surface area (Å²) in [4.78, 5) is 12.3. The minimum Gasteiger partial charge on any atom is -0.465 e. The molecule has 4 rings (SSSR count). The van der Waals surface area contributed by atoms with Crippen molar-refractivity contribution in [3.05, 3.63) is 84.0 Å². The Kier molecular flexibility index (Phi) is 4.84. The lowest BCUT2D eigenvalue weighted by Crippen LogP contribution is -2.17. The van der Waals surface area contributed by atoms with Crippen LogP contribution in [0.2, 0.25) is 0 Å². The third-order valence-corrected chi connectivity index (χ3v) is 4.22. The molecule has 0 unspecified atom stereocenters. The summed E-state index contributed by atoms with van der Waals surface area (Å²) >= 11 is 0. The third-order valence-electron chi connectivity index (χ3n) is 4.22. The Labute approximate surface area is 161 Å². The first-order chi connectivity index (χ1) is 13.7. The fourth-order valence-electron chi connectivity index (χ4n) is 2.82. The molecule has 0 atom stereocenters. The molecule has 0 saturated carbocycles. The molecule has 2 heterocycles. The molecular weight excluding hydrogens is 352 g/mol. The maximum Gasteiger partial charge on any atom is 0.289 e. The second-order valence-corrected chi connectivity index (χ2v) is 6.33. The number of aromatic nitrogens is 2. The molecule has 28 heavy (non-hydrogen) atoms. The Morgan fingerprint density at radius 2 is 1.96 bits per heavy atom. The van der Waals surface area contributed by atoms with Gasteiger partial charge in [0.2, 0.25) is 0 Å². The van der Waals surface area contributed by atoms with E-state index >= 15 is 0 Å². The van der Waals surface area contributed by atoms with Gasteiger partial charge in [-0.05, 0) is 53.6 Å². The molecule has 0 aliphatic carbocycles. The SMILES string of the molecule is C/C(C=NNC(=O)c1cc(-c2ccc3ccccc3c2)n[nH]1)=C\c1ccco1. The average Bonchev–Trinajstić information content (AvgIpc) is 3.39. The van der Waals surface area contributed by atoms with Gasteiger partial charge in [-0.2, -0.15) is 10.2 Å². The molecular formula is C22H18N4O2. The number of hydrogen-bond donors (Lipinski definition) is 2. The summed E-state index contributed by atoms with van der Waals surface area (Å²) in [6.45, 7) is 1.87. The van der Waals surface area contributed by atoms with E-state index in [9.17, 15) is 4.79 Å². The largest absolute Gasteiger partial charge is 0.465 e. The number of hydrazone groups is 1. The lowest BCUT2D eigenvalue weighted by atomic mass is 10.1. The van der Waals surface area contributed by atoms with Crippen LogP contribution in [0, 0.1) is 0 Å². The van der Waals surface area contributed by atoms with Gasteiger partial charge in [-0.3, -0.25) is 9.89 Å². The van der Waals surface area contributed by atoms with Crippen molar-refractivity contribution >= 4 is 29.0 Å². The number of nitrogens with one attached hydrogen (secondary N) is 2. The van der Waals surface area contributed by atoms with Gasteiger partial charge in [0, 0.05) is 5.56 Å². The van der Waals surface area contributed by atoms with Crippen molar-refractivity contribution in [1.82, 2.24) is 15.6 Å². The molecule has 0 fully saturated rings. The number of fused-ring (bicyclic) bond motifs is 1. The summed E-state index contributed by atoms with van der Waals surface area (Å²) < 4.78 is 5.23. The Hall–Kier alpha value is -3.93. The fraction of sp³-hybridized carbons (Fsp3) is 0.0455. The molecule has 0 bridgehead atoms. The van der Waals surface area contributed by atoms with E-state index in [1.54, 1.807) is 18.5 Å². The van der Waals surface area contributed by atoms with E-state index in [0.717, 1.165) is 27.7 Å². The molecule has 0 saturated heterocycles. The van der Waals surface area contributed by atoms with E-state index in [2.05, 4.69) is 26.8 Å². The minimum atomic E-state index is -0.360. The van der Waals surface area contributed by atoms with Crippen molar-refractivity contribution in [1.29, 1.82) is 0 Å². The van der Waals surface area contributed by atoms with Gasteiger partial charge < -0.3 is 4.42 Å². The van der Waals surface area contributed by atoms with Crippen molar-refractivity contribution in [2.75, 3.05) is 0 Å². The van der Waals surface area contributed by atoms with Gasteiger partial charge in [0.15, 0.2) is 0 Å². The standard InChI is InChI=1S/C22H18N4O2/c1-15(11-19-7-4-10-28-19)14-23-26-22(27)21-13-20(24-25-21)18-9-8-16-5-2-3-6-17(16)12-18/h2-14H,1H3,(H,24,25)(H,26,27)/b15-11+,23-14?. The Morgan fingerprint density at radius 1 is 1.11 bits per heavy atom. The van der Waals surface area contributed by atoms with Crippen molar-refractivity contribution in [2.24, 2.45) is 5.10 Å². The van der Waals surface area contributed by atoms with E-state index in [4.69, 9.17) is 4.42 Å². The third kappa shape index (κ3) is 3.91. The zero-order chi connectivity index (χ0) is 19.3. The quantitative estimate of drug-likeness (QED) is 0.396. The summed E-state index contributed by atoms with van der Waals surface area (Å²) in [5.74, 6) is 0.366. The monoisotopic (exact) mass is 370 g/mol. The number of rotatable bonds is 5. The van der Waals surface area contributed by atoms with E-state index in [0.29, 0.717) is 11.4 Å². The summed E-state index contributed by atoms with van der Waals surface area (Å²) in [6, 6.07) is 19.5. The first-order valence-corrected chi connectivity index (χ1v) is 8.79. The number of benzene rings is 2. The van der Waals surface area contributed by atoms with Crippen LogP contribution >= 0.6 is 0 Å². The summed E-state index contributed by atoms with van der Waals surface area (Å²) in [7, 11) is 0. The van der Waals surface area contributed by atoms with Crippen molar-refractivity contribution in [3.63, 3.8) is 0 Å². The summed E-state index contributed by atoms with van der Waals surface area (Å²) in [5, 5.41) is 13.3. The molecule has 6 heteroatoms. The van der Waals surface area contributed by atoms with Gasteiger partial charge in [0.25, 0.3) is 5.91 Å². The molecule has 6 nitrogen and oxygen atoms in total. The molecule has 0 radical (unpaired) electrons. The number of aromatic amines is 1. The van der Waals surface area contributed by atoms with Crippen molar-refractivity contribution in [3.8, 4) is 11.3 Å². The average molecular weight is 370 g/mol. The smallest absolute Gasteiger partial charge is 0.289 e. The number of amides is 1. The second-order valence-electron chi connectivity index (χ2n) is 6.33. The lowest BCUT2D eigenvalue weighted by molar-refractivity contribution is 0.0950. The molecule has 0 aliphatic heterocycles. The fourth-order valence-corrected chi connectivity index (χ4v) is 2.82. The van der Waals surface area contributed by atoms with Crippen LogP contribution in [-0.4, -0.2) is 22.3 Å². The number of nitrogens with zero attached hydrogens (tertiary/aromatic N) is 2. The topological polar surface area (TPSA) is 83.3 Å². The van der Waals surface area contributed by atoms with Crippen molar-refractivity contribution < 1.29 is 9.21 Å². The molecule has 4 aromatic rings. The number of H-pyrrole nitrogens is 1. The van der Waals surface area contributed by atoms with Crippen LogP contribution in [0.1, 0.15) is 23.2 Å². The van der Waals surface area contributed by atoms with E-state index in [-0.39, 0.29) is 5.91 Å². The first kappa shape index (κ1) is 17.5. The summed E-state index contributed by atoms with van der Waals surface area (Å²) in [6.07, 6.45) is 4.98. The zero-order valence-corrected chi connectivity index (χ0v) is 15.2. The number of allylic oxidation sites excluding steroid dienone is 1. The highest BCUT2D eigenvalue weighted by Gasteiger charge is 2.10. The maximum atomic E-state index is 12.3. The van der Waals surface area contributed by atoms with Crippen molar-refractivity contribution in [2.45, 2.75) is 6.92 Å². The molecule has 0 spiro atoms.